The molecule has 0 aliphatic carbocycles. The molecule has 0 unspecified atom stereocenters. The summed E-state index contributed by atoms with van der Waals surface area (Å²) in [5, 5.41) is 0.621. The molecular weight excluding hydrogens is 312 g/mol. The Kier molecular flexibility index (Phi) is 4.17. The topological polar surface area (TPSA) is 41.9 Å². The molecule has 3 rings (SSSR count). The minimum absolute atomic E-state index is 0.285. The van der Waals surface area contributed by atoms with Gasteiger partial charge in [-0.2, -0.15) is 0 Å². The highest BCUT2D eigenvalue weighted by atomic mass is 35.5. The molecule has 0 fully saturated rings. The van der Waals surface area contributed by atoms with Gasteiger partial charge in [-0.3, -0.25) is 0 Å². The van der Waals surface area contributed by atoms with E-state index in [0.29, 0.717) is 16.5 Å². The summed E-state index contributed by atoms with van der Waals surface area (Å²) in [4.78, 5) is 18.3. The summed E-state index contributed by atoms with van der Waals surface area (Å²) in [5.41, 5.74) is 2.98. The van der Waals surface area contributed by atoms with Gasteiger partial charge in [-0.15, -0.1) is 0 Å². The van der Waals surface area contributed by atoms with E-state index >= 15 is 0 Å². The standard InChI is InChI=1S/C18H15ClN2O2/c1-21(2)15-9-3-12(4-10-15)11-16-18(22)23-17(20-16)13-5-7-14(19)8-6-13/h3-11H,1-2H3. The molecule has 5 heteroatoms. The lowest BCUT2D eigenvalue weighted by molar-refractivity contribution is -0.129. The van der Waals surface area contributed by atoms with E-state index in [4.69, 9.17) is 16.3 Å². The SMILES string of the molecule is CN(C)c1ccc(C=C2N=C(c3ccc(Cl)cc3)OC2=O)cc1. The Bertz CT molecular complexity index is 791. The van der Waals surface area contributed by atoms with Crippen LogP contribution in [0.1, 0.15) is 11.1 Å². The second-order valence-corrected chi connectivity index (χ2v) is 5.77. The van der Waals surface area contributed by atoms with E-state index in [0.717, 1.165) is 11.3 Å². The van der Waals surface area contributed by atoms with Gasteiger partial charge in [-0.05, 0) is 48.0 Å². The average Bonchev–Trinajstić information content (AvgIpc) is 2.89. The summed E-state index contributed by atoms with van der Waals surface area (Å²) in [6.45, 7) is 0. The van der Waals surface area contributed by atoms with Crippen LogP contribution in [0, 0.1) is 0 Å². The third-order valence-corrected chi connectivity index (χ3v) is 3.68. The molecule has 1 aliphatic heterocycles. The van der Waals surface area contributed by atoms with Crippen LogP contribution in [0.5, 0.6) is 0 Å². The summed E-state index contributed by atoms with van der Waals surface area (Å²) >= 11 is 5.86. The van der Waals surface area contributed by atoms with E-state index in [-0.39, 0.29) is 5.70 Å². The minimum Gasteiger partial charge on any atom is -0.402 e. The van der Waals surface area contributed by atoms with Gasteiger partial charge < -0.3 is 9.64 Å². The van der Waals surface area contributed by atoms with Gasteiger partial charge in [-0.1, -0.05) is 23.7 Å². The fourth-order valence-electron chi connectivity index (χ4n) is 2.15. The number of aliphatic imine (C=N–C) groups is 1. The second kappa shape index (κ2) is 6.26. The number of hydrogen-bond acceptors (Lipinski definition) is 4. The third kappa shape index (κ3) is 3.43. The normalized spacial score (nSPS) is 15.5. The van der Waals surface area contributed by atoms with Crippen LogP contribution in [-0.4, -0.2) is 26.0 Å². The molecule has 0 N–H and O–H groups in total. The second-order valence-electron chi connectivity index (χ2n) is 5.33. The summed E-state index contributed by atoms with van der Waals surface area (Å²) < 4.78 is 5.23. The number of hydrogen-bond donors (Lipinski definition) is 0. The van der Waals surface area contributed by atoms with E-state index in [1.165, 1.54) is 0 Å². The number of ether oxygens (including phenoxy) is 1. The molecule has 0 aromatic heterocycles. The van der Waals surface area contributed by atoms with Crippen LogP contribution in [0.25, 0.3) is 6.08 Å². The van der Waals surface area contributed by atoms with Crippen molar-refractivity contribution in [2.24, 2.45) is 4.99 Å². The number of cyclic esters (lactones) is 1. The lowest BCUT2D eigenvalue weighted by Crippen LogP contribution is -2.08. The highest BCUT2D eigenvalue weighted by molar-refractivity contribution is 6.30. The van der Waals surface area contributed by atoms with Crippen molar-refractivity contribution in [1.82, 2.24) is 0 Å². The van der Waals surface area contributed by atoms with Gasteiger partial charge in [0.25, 0.3) is 0 Å². The zero-order valence-electron chi connectivity index (χ0n) is 12.8. The number of halogens is 1. The summed E-state index contributed by atoms with van der Waals surface area (Å²) in [5.74, 6) is -0.158. The zero-order valence-corrected chi connectivity index (χ0v) is 13.5. The maximum Gasteiger partial charge on any atom is 0.363 e. The van der Waals surface area contributed by atoms with E-state index in [2.05, 4.69) is 4.99 Å². The number of rotatable bonds is 3. The number of esters is 1. The summed E-state index contributed by atoms with van der Waals surface area (Å²) in [6, 6.07) is 14.8. The lowest BCUT2D eigenvalue weighted by atomic mass is 10.1. The molecule has 0 spiro atoms. The van der Waals surface area contributed by atoms with Gasteiger partial charge in [0.15, 0.2) is 5.70 Å². The number of benzene rings is 2. The molecule has 1 aliphatic rings. The van der Waals surface area contributed by atoms with Gasteiger partial charge in [0.1, 0.15) is 0 Å². The maximum absolute atomic E-state index is 12.0. The van der Waals surface area contributed by atoms with Crippen LogP contribution in [0.3, 0.4) is 0 Å². The van der Waals surface area contributed by atoms with Crippen LogP contribution in [0.2, 0.25) is 5.02 Å². The first-order chi connectivity index (χ1) is 11.0. The van der Waals surface area contributed by atoms with Crippen LogP contribution < -0.4 is 4.90 Å². The molecular formula is C18H15ClN2O2. The van der Waals surface area contributed by atoms with Crippen LogP contribution in [0.4, 0.5) is 5.69 Å². The number of carbonyl (C=O) groups is 1. The van der Waals surface area contributed by atoms with Gasteiger partial charge >= 0.3 is 5.97 Å². The highest BCUT2D eigenvalue weighted by Gasteiger charge is 2.23. The number of nitrogens with zero attached hydrogens (tertiary/aromatic N) is 2. The quantitative estimate of drug-likeness (QED) is 0.637. The van der Waals surface area contributed by atoms with Crippen molar-refractivity contribution in [3.05, 3.63) is 70.4 Å². The molecule has 0 saturated heterocycles. The Morgan fingerprint density at radius 2 is 1.70 bits per heavy atom. The largest absolute Gasteiger partial charge is 0.402 e. The molecule has 2 aromatic rings. The first-order valence-electron chi connectivity index (χ1n) is 7.09. The first-order valence-corrected chi connectivity index (χ1v) is 7.46. The Morgan fingerprint density at radius 1 is 1.04 bits per heavy atom. The van der Waals surface area contributed by atoms with Crippen molar-refractivity contribution in [3.8, 4) is 0 Å². The Hall–Kier alpha value is -2.59. The number of anilines is 1. The van der Waals surface area contributed by atoms with E-state index < -0.39 is 5.97 Å². The molecule has 1 heterocycles. The average molecular weight is 327 g/mol. The Morgan fingerprint density at radius 3 is 2.30 bits per heavy atom. The van der Waals surface area contributed by atoms with Crippen molar-refractivity contribution in [2.45, 2.75) is 0 Å². The molecule has 116 valence electrons. The predicted molar refractivity (Wildman–Crippen MR) is 92.8 cm³/mol. The monoisotopic (exact) mass is 326 g/mol. The molecule has 0 bridgehead atoms. The lowest BCUT2D eigenvalue weighted by Gasteiger charge is -2.11. The highest BCUT2D eigenvalue weighted by Crippen LogP contribution is 2.21. The van der Waals surface area contributed by atoms with E-state index in [1.54, 1.807) is 30.3 Å². The molecule has 2 aromatic carbocycles. The third-order valence-electron chi connectivity index (χ3n) is 3.42. The van der Waals surface area contributed by atoms with Crippen molar-refractivity contribution in [2.75, 3.05) is 19.0 Å². The Labute approximate surface area is 139 Å². The van der Waals surface area contributed by atoms with Crippen LogP contribution in [-0.2, 0) is 9.53 Å². The van der Waals surface area contributed by atoms with Crippen molar-refractivity contribution in [3.63, 3.8) is 0 Å². The van der Waals surface area contributed by atoms with Gasteiger partial charge in [0.2, 0.25) is 5.90 Å². The fourth-order valence-corrected chi connectivity index (χ4v) is 2.28. The molecule has 0 amide bonds. The van der Waals surface area contributed by atoms with Crippen LogP contribution >= 0.6 is 11.6 Å². The van der Waals surface area contributed by atoms with Crippen LogP contribution in [0.15, 0.2) is 59.2 Å². The fraction of sp³-hybridized carbons (Fsp3) is 0.111. The minimum atomic E-state index is -0.452. The molecule has 0 radical (unpaired) electrons. The van der Waals surface area contributed by atoms with Crippen molar-refractivity contribution >= 4 is 35.2 Å². The molecule has 0 saturated carbocycles. The van der Waals surface area contributed by atoms with Gasteiger partial charge in [-0.25, -0.2) is 9.79 Å². The maximum atomic E-state index is 12.0. The number of carbonyl (C=O) groups excluding carboxylic acids is 1. The van der Waals surface area contributed by atoms with Crippen molar-refractivity contribution < 1.29 is 9.53 Å². The molecule has 23 heavy (non-hydrogen) atoms. The Balaban J connectivity index is 1.87. The van der Waals surface area contributed by atoms with E-state index in [1.807, 2.05) is 43.3 Å². The van der Waals surface area contributed by atoms with E-state index in [9.17, 15) is 4.79 Å². The van der Waals surface area contributed by atoms with Gasteiger partial charge in [0.05, 0.1) is 0 Å². The smallest absolute Gasteiger partial charge is 0.363 e. The summed E-state index contributed by atoms with van der Waals surface area (Å²) in [7, 11) is 3.95. The van der Waals surface area contributed by atoms with Crippen molar-refractivity contribution in [1.29, 1.82) is 0 Å². The zero-order chi connectivity index (χ0) is 16.4. The van der Waals surface area contributed by atoms with Gasteiger partial charge in [0, 0.05) is 30.4 Å². The predicted octanol–water partition coefficient (Wildman–Crippen LogP) is 3.75. The molecule has 4 nitrogen and oxygen atoms in total. The summed E-state index contributed by atoms with van der Waals surface area (Å²) in [6.07, 6.45) is 1.71. The molecule has 0 atom stereocenters. The first kappa shape index (κ1) is 15.3.